The molecule has 0 radical (unpaired) electrons. The van der Waals surface area contributed by atoms with Gasteiger partial charge in [0.15, 0.2) is 11.2 Å². The van der Waals surface area contributed by atoms with Gasteiger partial charge in [0.1, 0.15) is 11.9 Å². The molecule has 1 amide bonds. The Bertz CT molecular complexity index is 1600. The molecule has 3 heterocycles. The summed E-state index contributed by atoms with van der Waals surface area (Å²) >= 11 is 12.7. The molecule has 11 heteroatoms. The summed E-state index contributed by atoms with van der Waals surface area (Å²) in [7, 11) is 0. The van der Waals surface area contributed by atoms with Gasteiger partial charge in [0.05, 0.1) is 5.02 Å². The number of hydrogen-bond acceptors (Lipinski definition) is 5. The predicted octanol–water partition coefficient (Wildman–Crippen LogP) is 3.80. The van der Waals surface area contributed by atoms with E-state index in [4.69, 9.17) is 38.7 Å². The number of rotatable bonds is 6. The van der Waals surface area contributed by atoms with Crippen LogP contribution in [0.4, 0.5) is 0 Å². The van der Waals surface area contributed by atoms with E-state index in [1.807, 2.05) is 6.07 Å². The molecule has 1 aliphatic rings. The molecule has 0 spiro atoms. The smallest absolute Gasteiger partial charge is 0.333 e. The van der Waals surface area contributed by atoms with Gasteiger partial charge in [-0.25, -0.2) is 14.3 Å². The summed E-state index contributed by atoms with van der Waals surface area (Å²) in [5.41, 5.74) is 5.75. The highest BCUT2D eigenvalue weighted by atomic mass is 35.5. The molecular weight excluding hydrogens is 517 g/mol. The average Bonchev–Trinajstić information content (AvgIpc) is 3.28. The number of halogens is 2. The normalized spacial score (nSPS) is 15.2. The van der Waals surface area contributed by atoms with Crippen molar-refractivity contribution in [2.45, 2.75) is 32.4 Å². The van der Waals surface area contributed by atoms with Crippen LogP contribution in [0, 0.1) is 5.92 Å². The van der Waals surface area contributed by atoms with E-state index in [1.54, 1.807) is 47.0 Å². The van der Waals surface area contributed by atoms with E-state index in [9.17, 15) is 14.4 Å². The highest BCUT2D eigenvalue weighted by molar-refractivity contribution is 6.33. The van der Waals surface area contributed by atoms with E-state index in [1.165, 1.54) is 11.5 Å². The summed E-state index contributed by atoms with van der Waals surface area (Å²) < 4.78 is 9.51. The lowest BCUT2D eigenvalue weighted by Crippen LogP contribution is -2.46. The highest BCUT2D eigenvalue weighted by Gasteiger charge is 2.28. The summed E-state index contributed by atoms with van der Waals surface area (Å²) in [6.45, 7) is 2.92. The van der Waals surface area contributed by atoms with Gasteiger partial charge in [-0.05, 0) is 62.1 Å². The molecule has 1 fully saturated rings. The number of ether oxygens (including phenoxy) is 1. The fourth-order valence-corrected chi connectivity index (χ4v) is 5.04. The van der Waals surface area contributed by atoms with Crippen LogP contribution in [0.15, 0.2) is 58.1 Å². The molecule has 192 valence electrons. The number of imidazole rings is 1. The lowest BCUT2D eigenvalue weighted by atomic mass is 10.0. The van der Waals surface area contributed by atoms with Crippen LogP contribution in [0.25, 0.3) is 28.2 Å². The Balaban J connectivity index is 1.91. The first kappa shape index (κ1) is 25.3. The first-order valence-electron chi connectivity index (χ1n) is 11.9. The molecule has 5 rings (SSSR count). The van der Waals surface area contributed by atoms with E-state index >= 15 is 0 Å². The lowest BCUT2D eigenvalue weighted by molar-refractivity contribution is -0.120. The topological polar surface area (TPSA) is 114 Å². The molecule has 2 aromatic heterocycles. The van der Waals surface area contributed by atoms with Crippen molar-refractivity contribution in [3.05, 3.63) is 79.4 Å². The Labute approximate surface area is 222 Å². The van der Waals surface area contributed by atoms with Gasteiger partial charge in [-0.1, -0.05) is 35.3 Å². The van der Waals surface area contributed by atoms with Crippen molar-refractivity contribution in [3.8, 4) is 17.1 Å². The Hall–Kier alpha value is -3.40. The zero-order valence-corrected chi connectivity index (χ0v) is 21.6. The molecule has 1 atom stereocenters. The second-order valence-electron chi connectivity index (χ2n) is 9.10. The number of nitrogens with zero attached hydrogens (tertiary/aromatic N) is 4. The first-order valence-corrected chi connectivity index (χ1v) is 12.7. The van der Waals surface area contributed by atoms with Crippen LogP contribution in [0.3, 0.4) is 0 Å². The standard InChI is InChI=1S/C26H25Cl2N5O4/c1-15(22(29)34)32-25(35)21-24(31(26(32)36)14-16-10-12-37-13-11-16)30-23(19-4-2-3-5-20(19)28)33(21)18-8-6-17(27)7-9-18/h2-9,15-16H,10-14H2,1H3,(H2,29,34)/t15-/m1/s1. The van der Waals surface area contributed by atoms with Gasteiger partial charge in [-0.2, -0.15) is 0 Å². The quantitative estimate of drug-likeness (QED) is 0.398. The second-order valence-corrected chi connectivity index (χ2v) is 9.95. The molecule has 1 aliphatic heterocycles. The number of amides is 1. The molecule has 37 heavy (non-hydrogen) atoms. The summed E-state index contributed by atoms with van der Waals surface area (Å²) in [5, 5.41) is 0.945. The Morgan fingerprint density at radius 2 is 1.78 bits per heavy atom. The molecule has 9 nitrogen and oxygen atoms in total. The second kappa shape index (κ2) is 10.2. The maximum absolute atomic E-state index is 13.9. The Kier molecular flexibility index (Phi) is 6.94. The number of carbonyl (C=O) groups excluding carboxylic acids is 1. The maximum Gasteiger partial charge on any atom is 0.333 e. The third-order valence-corrected chi connectivity index (χ3v) is 7.33. The lowest BCUT2D eigenvalue weighted by Gasteiger charge is -2.23. The Morgan fingerprint density at radius 1 is 1.11 bits per heavy atom. The van der Waals surface area contributed by atoms with Gasteiger partial charge in [-0.3, -0.25) is 18.7 Å². The first-order chi connectivity index (χ1) is 17.8. The Morgan fingerprint density at radius 3 is 2.43 bits per heavy atom. The van der Waals surface area contributed by atoms with Gasteiger partial charge in [-0.15, -0.1) is 0 Å². The minimum absolute atomic E-state index is 0.133. The predicted molar refractivity (Wildman–Crippen MR) is 142 cm³/mol. The van der Waals surface area contributed by atoms with Crippen LogP contribution >= 0.6 is 23.2 Å². The van der Waals surface area contributed by atoms with Crippen molar-refractivity contribution in [2.75, 3.05) is 13.2 Å². The van der Waals surface area contributed by atoms with Crippen molar-refractivity contribution in [1.82, 2.24) is 18.7 Å². The zero-order valence-electron chi connectivity index (χ0n) is 20.1. The third-order valence-electron chi connectivity index (χ3n) is 6.75. The fourth-order valence-electron chi connectivity index (χ4n) is 4.70. The van der Waals surface area contributed by atoms with Crippen LogP contribution in [-0.4, -0.2) is 37.8 Å². The van der Waals surface area contributed by atoms with Gasteiger partial charge >= 0.3 is 5.69 Å². The maximum atomic E-state index is 13.9. The van der Waals surface area contributed by atoms with Gasteiger partial charge in [0, 0.05) is 36.0 Å². The molecule has 4 aromatic rings. The zero-order chi connectivity index (χ0) is 26.3. The monoisotopic (exact) mass is 541 g/mol. The van der Waals surface area contributed by atoms with Crippen molar-refractivity contribution < 1.29 is 9.53 Å². The van der Waals surface area contributed by atoms with Gasteiger partial charge in [0.25, 0.3) is 5.56 Å². The van der Waals surface area contributed by atoms with Crippen LogP contribution in [-0.2, 0) is 16.1 Å². The molecule has 0 saturated carbocycles. The van der Waals surface area contributed by atoms with E-state index in [0.29, 0.717) is 46.9 Å². The fraction of sp³-hybridized carbons (Fsp3) is 0.308. The molecular formula is C26H25Cl2N5O4. The van der Waals surface area contributed by atoms with E-state index < -0.39 is 23.2 Å². The number of hydrogen-bond donors (Lipinski definition) is 1. The van der Waals surface area contributed by atoms with Gasteiger partial charge < -0.3 is 10.5 Å². The minimum atomic E-state index is -1.16. The van der Waals surface area contributed by atoms with Crippen LogP contribution < -0.4 is 17.0 Å². The highest BCUT2D eigenvalue weighted by Crippen LogP contribution is 2.32. The van der Waals surface area contributed by atoms with Crippen molar-refractivity contribution >= 4 is 40.3 Å². The summed E-state index contributed by atoms with van der Waals surface area (Å²) in [6.07, 6.45) is 1.52. The van der Waals surface area contributed by atoms with Gasteiger partial charge in [0.2, 0.25) is 5.91 Å². The van der Waals surface area contributed by atoms with E-state index in [-0.39, 0.29) is 17.1 Å². The van der Waals surface area contributed by atoms with Crippen molar-refractivity contribution in [3.63, 3.8) is 0 Å². The number of benzene rings is 2. The molecule has 0 aliphatic carbocycles. The number of fused-ring (bicyclic) bond motifs is 1. The summed E-state index contributed by atoms with van der Waals surface area (Å²) in [6, 6.07) is 12.9. The molecule has 1 saturated heterocycles. The van der Waals surface area contributed by atoms with Crippen molar-refractivity contribution in [2.24, 2.45) is 11.7 Å². The molecule has 0 unspecified atom stereocenters. The largest absolute Gasteiger partial charge is 0.381 e. The van der Waals surface area contributed by atoms with Crippen molar-refractivity contribution in [1.29, 1.82) is 0 Å². The number of carbonyl (C=O) groups is 1. The van der Waals surface area contributed by atoms with E-state index in [2.05, 4.69) is 0 Å². The van der Waals surface area contributed by atoms with E-state index in [0.717, 1.165) is 17.4 Å². The number of primary amides is 1. The van der Waals surface area contributed by atoms with Crippen LogP contribution in [0.2, 0.25) is 10.0 Å². The average molecular weight is 542 g/mol. The third kappa shape index (κ3) is 4.58. The van der Waals surface area contributed by atoms with Crippen LogP contribution in [0.5, 0.6) is 0 Å². The molecule has 2 aromatic carbocycles. The van der Waals surface area contributed by atoms with Crippen LogP contribution in [0.1, 0.15) is 25.8 Å². The SMILES string of the molecule is C[C@H](C(N)=O)n1c(=O)c2c(nc(-c3ccccc3Cl)n2-c2ccc(Cl)cc2)n(CC2CCOCC2)c1=O. The summed E-state index contributed by atoms with van der Waals surface area (Å²) in [5.74, 6) is -0.279. The number of nitrogens with two attached hydrogens (primary N) is 1. The summed E-state index contributed by atoms with van der Waals surface area (Å²) in [4.78, 5) is 44.6. The number of aromatic nitrogens is 4. The molecule has 0 bridgehead atoms. The molecule has 2 N–H and O–H groups in total. The minimum Gasteiger partial charge on any atom is -0.381 e.